The Balaban J connectivity index is 1.68. The summed E-state index contributed by atoms with van der Waals surface area (Å²) >= 11 is 0. The molecule has 3 aromatic carbocycles. The van der Waals surface area contributed by atoms with Crippen molar-refractivity contribution in [3.8, 4) is 11.5 Å². The largest absolute Gasteiger partial charge is 0.573 e. The van der Waals surface area contributed by atoms with E-state index in [1.807, 2.05) is 63.3 Å². The molecule has 1 atom stereocenters. The lowest BCUT2D eigenvalue weighted by Gasteiger charge is -2.46. The maximum absolute atomic E-state index is 12.9. The van der Waals surface area contributed by atoms with Gasteiger partial charge in [0, 0.05) is 48.9 Å². The van der Waals surface area contributed by atoms with E-state index in [2.05, 4.69) is 22.6 Å². The standard InChI is InChI=1S/C27H28F3N3O2/c1-6-13-33-21-12-11-17(34-27(28,29)30)14-20(21)25(2,3)26(33)16-31-24-19-10-8-7-9-18(19)22(32(4)5)15-23(24)35-26/h7-12,14-16H,6,13H2,1-5H3. The van der Waals surface area contributed by atoms with E-state index in [9.17, 15) is 13.2 Å². The van der Waals surface area contributed by atoms with Crippen LogP contribution in [0.25, 0.3) is 10.8 Å². The number of hydrogen-bond acceptors (Lipinski definition) is 5. The van der Waals surface area contributed by atoms with Crippen LogP contribution in [0.1, 0.15) is 32.8 Å². The van der Waals surface area contributed by atoms with Crippen molar-refractivity contribution >= 4 is 34.0 Å². The summed E-state index contributed by atoms with van der Waals surface area (Å²) in [6.45, 7) is 6.66. The average Bonchev–Trinajstić information content (AvgIpc) is 2.96. The van der Waals surface area contributed by atoms with Crippen molar-refractivity contribution in [3.63, 3.8) is 0 Å². The fourth-order valence-electron chi connectivity index (χ4n) is 5.32. The summed E-state index contributed by atoms with van der Waals surface area (Å²) in [4.78, 5) is 9.07. The highest BCUT2D eigenvalue weighted by Gasteiger charge is 2.60. The van der Waals surface area contributed by atoms with Crippen LogP contribution >= 0.6 is 0 Å². The summed E-state index contributed by atoms with van der Waals surface area (Å²) in [5, 5.41) is 2.05. The fourth-order valence-corrected chi connectivity index (χ4v) is 5.32. The minimum Gasteiger partial charge on any atom is -0.459 e. The fraction of sp³-hybridized carbons (Fsp3) is 0.370. The number of nitrogens with zero attached hydrogens (tertiary/aromatic N) is 3. The lowest BCUT2D eigenvalue weighted by Crippen LogP contribution is -2.62. The van der Waals surface area contributed by atoms with E-state index in [0.29, 0.717) is 12.3 Å². The number of anilines is 2. The molecule has 2 heterocycles. The van der Waals surface area contributed by atoms with E-state index < -0.39 is 17.5 Å². The molecule has 0 radical (unpaired) electrons. The molecule has 0 amide bonds. The molecule has 0 aromatic heterocycles. The highest BCUT2D eigenvalue weighted by atomic mass is 19.4. The highest BCUT2D eigenvalue weighted by Crippen LogP contribution is 2.56. The predicted octanol–water partition coefficient (Wildman–Crippen LogP) is 6.80. The van der Waals surface area contributed by atoms with Crippen LogP contribution in [0.15, 0.2) is 53.5 Å². The van der Waals surface area contributed by atoms with Gasteiger partial charge in [-0.2, -0.15) is 0 Å². The third-order valence-electron chi connectivity index (χ3n) is 6.98. The van der Waals surface area contributed by atoms with Crippen molar-refractivity contribution in [1.82, 2.24) is 0 Å². The monoisotopic (exact) mass is 483 g/mol. The SMILES string of the molecule is CCCN1c2ccc(OC(F)(F)F)cc2C(C)(C)C12C=Nc1c(cc(N(C)C)c3ccccc13)O2. The van der Waals surface area contributed by atoms with Crippen LogP contribution in [0.3, 0.4) is 0 Å². The van der Waals surface area contributed by atoms with Crippen LogP contribution < -0.4 is 19.3 Å². The van der Waals surface area contributed by atoms with Gasteiger partial charge in [0.25, 0.3) is 0 Å². The zero-order chi connectivity index (χ0) is 25.2. The lowest BCUT2D eigenvalue weighted by atomic mass is 9.77. The second-order valence-electron chi connectivity index (χ2n) is 9.74. The third kappa shape index (κ3) is 3.49. The molecule has 1 unspecified atom stereocenters. The summed E-state index contributed by atoms with van der Waals surface area (Å²) in [6.07, 6.45) is -2.12. The van der Waals surface area contributed by atoms with Gasteiger partial charge in [0.2, 0.25) is 5.72 Å². The number of fused-ring (bicyclic) bond motifs is 4. The summed E-state index contributed by atoms with van der Waals surface area (Å²) < 4.78 is 49.9. The van der Waals surface area contributed by atoms with Gasteiger partial charge in [0.1, 0.15) is 11.4 Å². The minimum atomic E-state index is -4.76. The van der Waals surface area contributed by atoms with Crippen LogP contribution in [0, 0.1) is 0 Å². The Bertz CT molecular complexity index is 1330. The molecule has 2 aliphatic heterocycles. The highest BCUT2D eigenvalue weighted by molar-refractivity contribution is 6.06. The van der Waals surface area contributed by atoms with Crippen molar-refractivity contribution in [3.05, 3.63) is 54.1 Å². The summed E-state index contributed by atoms with van der Waals surface area (Å²) in [5.74, 6) is 0.399. The van der Waals surface area contributed by atoms with Crippen LogP contribution in [0.2, 0.25) is 0 Å². The molecule has 0 fully saturated rings. The first-order valence-electron chi connectivity index (χ1n) is 11.6. The Hall–Kier alpha value is -3.42. The van der Waals surface area contributed by atoms with Crippen LogP contribution in [-0.4, -0.2) is 38.9 Å². The number of alkyl halides is 3. The van der Waals surface area contributed by atoms with E-state index in [4.69, 9.17) is 9.73 Å². The first-order valence-corrected chi connectivity index (χ1v) is 11.6. The van der Waals surface area contributed by atoms with Gasteiger partial charge in [-0.05, 0) is 44.0 Å². The number of rotatable bonds is 4. The number of ether oxygens (including phenoxy) is 2. The Morgan fingerprint density at radius 1 is 1.06 bits per heavy atom. The number of aliphatic imine (C=N–C) groups is 1. The Morgan fingerprint density at radius 3 is 2.43 bits per heavy atom. The zero-order valence-corrected chi connectivity index (χ0v) is 20.4. The molecule has 3 aromatic rings. The molecule has 0 aliphatic carbocycles. The maximum Gasteiger partial charge on any atom is 0.573 e. The molecule has 0 saturated heterocycles. The predicted molar refractivity (Wildman–Crippen MR) is 134 cm³/mol. The van der Waals surface area contributed by atoms with Gasteiger partial charge in [-0.1, -0.05) is 31.2 Å². The topological polar surface area (TPSA) is 37.3 Å². The number of benzene rings is 3. The van der Waals surface area contributed by atoms with Gasteiger partial charge in [-0.15, -0.1) is 13.2 Å². The molecule has 0 N–H and O–H groups in total. The number of halogens is 3. The molecule has 184 valence electrons. The molecule has 1 spiro atoms. The van der Waals surface area contributed by atoms with Crippen molar-refractivity contribution in [2.45, 2.75) is 44.7 Å². The quantitative estimate of drug-likeness (QED) is 0.409. The Morgan fingerprint density at radius 2 is 1.77 bits per heavy atom. The molecule has 35 heavy (non-hydrogen) atoms. The Labute approximate surface area is 202 Å². The molecular formula is C27H28F3N3O2. The third-order valence-corrected chi connectivity index (χ3v) is 6.98. The van der Waals surface area contributed by atoms with Gasteiger partial charge in [-0.25, -0.2) is 0 Å². The van der Waals surface area contributed by atoms with Crippen LogP contribution in [-0.2, 0) is 5.41 Å². The second kappa shape index (κ2) is 7.80. The zero-order valence-electron chi connectivity index (χ0n) is 20.4. The smallest absolute Gasteiger partial charge is 0.459 e. The molecule has 2 aliphatic rings. The molecule has 8 heteroatoms. The van der Waals surface area contributed by atoms with Crippen molar-refractivity contribution in [2.75, 3.05) is 30.4 Å². The van der Waals surface area contributed by atoms with E-state index in [-0.39, 0.29) is 5.75 Å². The Kier molecular flexibility index (Phi) is 5.20. The van der Waals surface area contributed by atoms with Crippen LogP contribution in [0.4, 0.5) is 30.2 Å². The first-order chi connectivity index (χ1) is 16.5. The van der Waals surface area contributed by atoms with E-state index >= 15 is 0 Å². The first kappa shape index (κ1) is 23.3. The molecule has 0 bridgehead atoms. The van der Waals surface area contributed by atoms with Crippen molar-refractivity contribution < 1.29 is 22.6 Å². The van der Waals surface area contributed by atoms with Crippen molar-refractivity contribution in [2.24, 2.45) is 4.99 Å². The van der Waals surface area contributed by atoms with Gasteiger partial charge in [-0.3, -0.25) is 4.99 Å². The van der Waals surface area contributed by atoms with Crippen molar-refractivity contribution in [1.29, 1.82) is 0 Å². The van der Waals surface area contributed by atoms with E-state index in [1.165, 1.54) is 12.1 Å². The average molecular weight is 484 g/mol. The van der Waals surface area contributed by atoms with Crippen LogP contribution in [0.5, 0.6) is 11.5 Å². The summed E-state index contributed by atoms with van der Waals surface area (Å²) in [5.41, 5.74) is 1.55. The minimum absolute atomic E-state index is 0.244. The summed E-state index contributed by atoms with van der Waals surface area (Å²) in [6, 6.07) is 14.6. The molecule has 0 saturated carbocycles. The van der Waals surface area contributed by atoms with E-state index in [0.717, 1.165) is 39.8 Å². The molecule has 5 rings (SSSR count). The van der Waals surface area contributed by atoms with E-state index in [1.54, 1.807) is 6.07 Å². The lowest BCUT2D eigenvalue weighted by molar-refractivity contribution is -0.274. The summed E-state index contributed by atoms with van der Waals surface area (Å²) in [7, 11) is 3.97. The normalized spacial score (nSPS) is 20.1. The molecule has 5 nitrogen and oxygen atoms in total. The maximum atomic E-state index is 12.9. The number of hydrogen-bond donors (Lipinski definition) is 0. The van der Waals surface area contributed by atoms with Gasteiger partial charge < -0.3 is 19.3 Å². The second-order valence-corrected chi connectivity index (χ2v) is 9.74. The van der Waals surface area contributed by atoms with Gasteiger partial charge in [0.15, 0.2) is 5.75 Å². The van der Waals surface area contributed by atoms with Gasteiger partial charge >= 0.3 is 6.36 Å². The molecular weight excluding hydrogens is 455 g/mol. The van der Waals surface area contributed by atoms with Gasteiger partial charge in [0.05, 0.1) is 11.6 Å².